The molecule has 180 valence electrons. The third-order valence-electron chi connectivity index (χ3n) is 6.53. The van der Waals surface area contributed by atoms with Gasteiger partial charge in [0.15, 0.2) is 0 Å². The van der Waals surface area contributed by atoms with Crippen LogP contribution in [0.3, 0.4) is 0 Å². The third-order valence-corrected chi connectivity index (χ3v) is 6.82. The average molecular weight is 491 g/mol. The molecule has 0 saturated carbocycles. The number of hydrogen-bond acceptors (Lipinski definition) is 5. The van der Waals surface area contributed by atoms with Crippen LogP contribution in [0.1, 0.15) is 31.0 Å². The van der Waals surface area contributed by atoms with Crippen molar-refractivity contribution in [3.63, 3.8) is 0 Å². The van der Waals surface area contributed by atoms with Crippen molar-refractivity contribution in [2.45, 2.75) is 26.4 Å². The van der Waals surface area contributed by atoms with Gasteiger partial charge < -0.3 is 15.3 Å². The molecule has 1 aliphatic heterocycles. The van der Waals surface area contributed by atoms with Crippen LogP contribution in [-0.4, -0.2) is 41.3 Å². The SMILES string of the molecule is CC(C)c1ccccc1-c1c(CO)nc(N2CCNCC2)c2cc(Cl)c(-c3ccccc3F)nc12. The van der Waals surface area contributed by atoms with Crippen LogP contribution in [0.25, 0.3) is 33.3 Å². The molecule has 1 saturated heterocycles. The molecule has 2 aromatic carbocycles. The number of aliphatic hydroxyl groups is 1. The van der Waals surface area contributed by atoms with E-state index < -0.39 is 0 Å². The standard InChI is InChI=1S/C28H28ClFN4O/c1-17(2)18-7-3-4-8-19(18)25-24(16-35)32-28(34-13-11-31-12-14-34)21-15-22(29)26(33-27(21)25)20-9-5-6-10-23(20)30/h3-10,15,17,31,35H,11-14,16H2,1-2H3. The van der Waals surface area contributed by atoms with E-state index in [1.54, 1.807) is 18.2 Å². The van der Waals surface area contributed by atoms with Crippen molar-refractivity contribution < 1.29 is 9.50 Å². The Morgan fingerprint density at radius 3 is 2.40 bits per heavy atom. The second-order valence-electron chi connectivity index (χ2n) is 9.09. The van der Waals surface area contributed by atoms with Crippen LogP contribution in [0.4, 0.5) is 10.2 Å². The number of nitrogens with zero attached hydrogens (tertiary/aromatic N) is 3. The number of pyridine rings is 2. The van der Waals surface area contributed by atoms with Crippen molar-refractivity contribution in [2.75, 3.05) is 31.1 Å². The summed E-state index contributed by atoms with van der Waals surface area (Å²) in [5, 5.41) is 15.0. The molecule has 3 heterocycles. The van der Waals surface area contributed by atoms with Gasteiger partial charge in [-0.05, 0) is 35.2 Å². The number of anilines is 1. The van der Waals surface area contributed by atoms with Crippen LogP contribution >= 0.6 is 11.6 Å². The van der Waals surface area contributed by atoms with Crippen molar-refractivity contribution in [2.24, 2.45) is 0 Å². The van der Waals surface area contributed by atoms with Gasteiger partial charge in [0.05, 0.1) is 28.5 Å². The minimum Gasteiger partial charge on any atom is -0.390 e. The first-order valence-corrected chi connectivity index (χ1v) is 12.3. The molecule has 7 heteroatoms. The van der Waals surface area contributed by atoms with Crippen LogP contribution in [-0.2, 0) is 6.61 Å². The highest BCUT2D eigenvalue weighted by Gasteiger charge is 2.25. The Morgan fingerprint density at radius 2 is 1.71 bits per heavy atom. The number of rotatable bonds is 5. The van der Waals surface area contributed by atoms with Gasteiger partial charge in [0, 0.05) is 42.7 Å². The van der Waals surface area contributed by atoms with Crippen molar-refractivity contribution in [3.8, 4) is 22.4 Å². The summed E-state index contributed by atoms with van der Waals surface area (Å²) in [6.07, 6.45) is 0. The smallest absolute Gasteiger partial charge is 0.138 e. The van der Waals surface area contributed by atoms with E-state index in [1.165, 1.54) is 6.07 Å². The molecule has 5 nitrogen and oxygen atoms in total. The molecule has 0 amide bonds. The Balaban J connectivity index is 1.88. The Labute approximate surface area is 209 Å². The molecule has 0 bridgehead atoms. The van der Waals surface area contributed by atoms with Crippen molar-refractivity contribution in [1.82, 2.24) is 15.3 Å². The predicted molar refractivity (Wildman–Crippen MR) is 140 cm³/mol. The zero-order chi connectivity index (χ0) is 24.5. The van der Waals surface area contributed by atoms with Crippen molar-refractivity contribution in [3.05, 3.63) is 76.7 Å². The monoisotopic (exact) mass is 490 g/mol. The Kier molecular flexibility index (Phi) is 6.69. The molecular weight excluding hydrogens is 463 g/mol. The van der Waals surface area contributed by atoms with Crippen LogP contribution in [0.15, 0.2) is 54.6 Å². The summed E-state index contributed by atoms with van der Waals surface area (Å²) in [6.45, 7) is 7.27. The van der Waals surface area contributed by atoms with E-state index in [0.29, 0.717) is 27.5 Å². The highest BCUT2D eigenvalue weighted by Crippen LogP contribution is 2.41. The van der Waals surface area contributed by atoms with Crippen LogP contribution < -0.4 is 10.2 Å². The lowest BCUT2D eigenvalue weighted by Gasteiger charge is -2.30. The van der Waals surface area contributed by atoms with Crippen LogP contribution in [0, 0.1) is 5.82 Å². The molecule has 35 heavy (non-hydrogen) atoms. The first-order chi connectivity index (χ1) is 17.0. The molecule has 0 radical (unpaired) electrons. The van der Waals surface area contributed by atoms with E-state index >= 15 is 0 Å². The molecule has 1 aliphatic rings. The Hall–Kier alpha value is -3.06. The molecule has 0 unspecified atom stereocenters. The number of nitrogens with one attached hydrogen (secondary N) is 1. The quantitative estimate of drug-likeness (QED) is 0.371. The van der Waals surface area contributed by atoms with Gasteiger partial charge in [0.2, 0.25) is 0 Å². The molecular formula is C28H28ClFN4O. The lowest BCUT2D eigenvalue weighted by Crippen LogP contribution is -2.44. The molecule has 1 fully saturated rings. The summed E-state index contributed by atoms with van der Waals surface area (Å²) in [4.78, 5) is 12.1. The fourth-order valence-corrected chi connectivity index (χ4v) is 5.07. The predicted octanol–water partition coefficient (Wildman–Crippen LogP) is 5.78. The molecule has 0 atom stereocenters. The molecule has 0 spiro atoms. The van der Waals surface area contributed by atoms with Gasteiger partial charge in [0.25, 0.3) is 0 Å². The van der Waals surface area contributed by atoms with E-state index in [4.69, 9.17) is 21.6 Å². The topological polar surface area (TPSA) is 61.3 Å². The maximum absolute atomic E-state index is 14.8. The average Bonchev–Trinajstić information content (AvgIpc) is 2.88. The second-order valence-corrected chi connectivity index (χ2v) is 9.50. The summed E-state index contributed by atoms with van der Waals surface area (Å²) < 4.78 is 14.8. The van der Waals surface area contributed by atoms with Crippen molar-refractivity contribution in [1.29, 1.82) is 0 Å². The maximum atomic E-state index is 14.8. The first kappa shape index (κ1) is 23.7. The minimum absolute atomic E-state index is 0.240. The summed E-state index contributed by atoms with van der Waals surface area (Å²) in [6, 6.07) is 16.5. The van der Waals surface area contributed by atoms with E-state index in [2.05, 4.69) is 30.1 Å². The molecule has 2 aromatic heterocycles. The fourth-order valence-electron chi connectivity index (χ4n) is 4.82. The van der Waals surface area contributed by atoms with E-state index in [-0.39, 0.29) is 18.3 Å². The molecule has 5 rings (SSSR count). The number of aliphatic hydroxyl groups excluding tert-OH is 1. The number of fused-ring (bicyclic) bond motifs is 1. The fraction of sp³-hybridized carbons (Fsp3) is 0.286. The van der Waals surface area contributed by atoms with Crippen LogP contribution in [0.2, 0.25) is 5.02 Å². The number of piperazine rings is 1. The molecule has 2 N–H and O–H groups in total. The second kappa shape index (κ2) is 9.90. The lowest BCUT2D eigenvalue weighted by molar-refractivity contribution is 0.277. The highest BCUT2D eigenvalue weighted by atomic mass is 35.5. The van der Waals surface area contributed by atoms with Crippen molar-refractivity contribution >= 4 is 28.3 Å². The Bertz CT molecular complexity index is 1390. The van der Waals surface area contributed by atoms with Crippen LogP contribution in [0.5, 0.6) is 0 Å². The summed E-state index contributed by atoms with van der Waals surface area (Å²) in [5.74, 6) is 0.605. The number of benzene rings is 2. The van der Waals surface area contributed by atoms with E-state index in [9.17, 15) is 9.50 Å². The van der Waals surface area contributed by atoms with Gasteiger partial charge in [-0.25, -0.2) is 14.4 Å². The Morgan fingerprint density at radius 1 is 1.03 bits per heavy atom. The summed E-state index contributed by atoms with van der Waals surface area (Å²) in [7, 11) is 0. The lowest BCUT2D eigenvalue weighted by atomic mass is 9.90. The largest absolute Gasteiger partial charge is 0.390 e. The van der Waals surface area contributed by atoms with Gasteiger partial charge in [-0.3, -0.25) is 0 Å². The van der Waals surface area contributed by atoms with Gasteiger partial charge in [-0.1, -0.05) is 61.8 Å². The van der Waals surface area contributed by atoms with Gasteiger partial charge in [0.1, 0.15) is 11.6 Å². The highest BCUT2D eigenvalue weighted by molar-refractivity contribution is 6.34. The maximum Gasteiger partial charge on any atom is 0.138 e. The van der Waals surface area contributed by atoms with Gasteiger partial charge in [-0.2, -0.15) is 0 Å². The minimum atomic E-state index is -0.385. The zero-order valence-corrected chi connectivity index (χ0v) is 20.6. The molecule has 0 aliphatic carbocycles. The summed E-state index contributed by atoms with van der Waals surface area (Å²) >= 11 is 6.74. The number of halogens is 2. The first-order valence-electron chi connectivity index (χ1n) is 11.9. The molecule has 4 aromatic rings. The number of aromatic nitrogens is 2. The number of hydrogen-bond donors (Lipinski definition) is 2. The van der Waals surface area contributed by atoms with Gasteiger partial charge >= 0.3 is 0 Å². The summed E-state index contributed by atoms with van der Waals surface area (Å²) in [5.41, 5.74) is 4.78. The third kappa shape index (κ3) is 4.38. The van der Waals surface area contributed by atoms with Gasteiger partial charge in [-0.15, -0.1) is 0 Å². The van der Waals surface area contributed by atoms with E-state index in [1.807, 2.05) is 24.3 Å². The zero-order valence-electron chi connectivity index (χ0n) is 19.9. The van der Waals surface area contributed by atoms with E-state index in [0.717, 1.165) is 54.1 Å². The normalized spacial score (nSPS) is 14.2.